The molecule has 0 amide bonds. The number of rotatable bonds is 3. The van der Waals surface area contributed by atoms with Crippen LogP contribution in [0.2, 0.25) is 0 Å². The van der Waals surface area contributed by atoms with Crippen molar-refractivity contribution < 1.29 is 9.53 Å². The average molecular weight is 369 g/mol. The van der Waals surface area contributed by atoms with E-state index in [1.165, 1.54) is 43.2 Å². The van der Waals surface area contributed by atoms with Crippen molar-refractivity contribution in [3.05, 3.63) is 35.4 Å². The van der Waals surface area contributed by atoms with Crippen LogP contribution in [0.5, 0.6) is 0 Å². The summed E-state index contributed by atoms with van der Waals surface area (Å²) in [6, 6.07) is 8.56. The monoisotopic (exact) mass is 368 g/mol. The summed E-state index contributed by atoms with van der Waals surface area (Å²) in [5.41, 5.74) is 1.86. The van der Waals surface area contributed by atoms with Crippen molar-refractivity contribution in [1.29, 1.82) is 0 Å². The van der Waals surface area contributed by atoms with Crippen LogP contribution in [0, 0.1) is 11.8 Å². The summed E-state index contributed by atoms with van der Waals surface area (Å²) in [6.07, 6.45) is 10.5. The molecule has 2 bridgehead atoms. The van der Waals surface area contributed by atoms with E-state index in [9.17, 15) is 4.79 Å². The molecule has 4 aliphatic heterocycles. The van der Waals surface area contributed by atoms with E-state index in [2.05, 4.69) is 34.5 Å². The minimum Gasteiger partial charge on any atom is -0.445 e. The lowest BCUT2D eigenvalue weighted by Gasteiger charge is -2.48. The minimum atomic E-state index is -0.646. The Labute approximate surface area is 162 Å². The van der Waals surface area contributed by atoms with Crippen molar-refractivity contribution in [1.82, 2.24) is 10.2 Å². The van der Waals surface area contributed by atoms with E-state index < -0.39 is 5.54 Å². The van der Waals surface area contributed by atoms with Crippen LogP contribution < -0.4 is 5.32 Å². The Morgan fingerprint density at radius 2 is 1.85 bits per heavy atom. The second kappa shape index (κ2) is 7.21. The standard InChI is InChI=1S/C23H32N2O2/c26-22(27-21-16-17-11-14-25(21)15-12-17)23(19-7-2-1-3-8-19)20-9-5-4-6-18(20)10-13-24-23/h4-6,9,17,19,21,24H,1-3,7-8,10-16H2. The molecule has 1 saturated carbocycles. The van der Waals surface area contributed by atoms with E-state index in [-0.39, 0.29) is 12.2 Å². The zero-order valence-corrected chi connectivity index (χ0v) is 16.3. The van der Waals surface area contributed by atoms with E-state index in [0.717, 1.165) is 51.2 Å². The zero-order valence-electron chi connectivity index (χ0n) is 16.3. The number of benzene rings is 1. The van der Waals surface area contributed by atoms with Crippen LogP contribution >= 0.6 is 0 Å². The summed E-state index contributed by atoms with van der Waals surface area (Å²) >= 11 is 0. The van der Waals surface area contributed by atoms with Crippen molar-refractivity contribution in [3.63, 3.8) is 0 Å². The lowest BCUT2D eigenvalue weighted by atomic mass is 9.68. The van der Waals surface area contributed by atoms with Gasteiger partial charge >= 0.3 is 5.97 Å². The summed E-state index contributed by atoms with van der Waals surface area (Å²) in [5, 5.41) is 3.70. The first-order valence-electron chi connectivity index (χ1n) is 11.1. The molecule has 146 valence electrons. The first-order chi connectivity index (χ1) is 13.3. The molecular weight excluding hydrogens is 336 g/mol. The average Bonchev–Trinajstić information content (AvgIpc) is 2.74. The van der Waals surface area contributed by atoms with Gasteiger partial charge in [0, 0.05) is 26.1 Å². The molecule has 2 atom stereocenters. The van der Waals surface area contributed by atoms with Crippen molar-refractivity contribution in [2.24, 2.45) is 11.8 Å². The number of carbonyl (C=O) groups is 1. The van der Waals surface area contributed by atoms with Crippen LogP contribution in [0.15, 0.2) is 24.3 Å². The topological polar surface area (TPSA) is 41.6 Å². The molecule has 0 aromatic heterocycles. The normalized spacial score (nSPS) is 36.2. The van der Waals surface area contributed by atoms with E-state index in [1.54, 1.807) is 0 Å². The second-order valence-corrected chi connectivity index (χ2v) is 9.05. The maximum Gasteiger partial charge on any atom is 0.332 e. The van der Waals surface area contributed by atoms with Gasteiger partial charge in [-0.2, -0.15) is 0 Å². The highest BCUT2D eigenvalue weighted by atomic mass is 16.6. The Morgan fingerprint density at radius 1 is 1.07 bits per heavy atom. The smallest absolute Gasteiger partial charge is 0.332 e. The Kier molecular flexibility index (Phi) is 4.73. The minimum absolute atomic E-state index is 0.0126. The highest BCUT2D eigenvalue weighted by Gasteiger charge is 2.52. The van der Waals surface area contributed by atoms with Crippen LogP contribution in [0.4, 0.5) is 0 Å². The van der Waals surface area contributed by atoms with E-state index in [1.807, 2.05) is 0 Å². The molecule has 2 unspecified atom stereocenters. The molecule has 1 aromatic rings. The van der Waals surface area contributed by atoms with Crippen molar-refractivity contribution >= 4 is 5.97 Å². The number of ether oxygens (including phenoxy) is 1. The molecule has 1 aliphatic carbocycles. The van der Waals surface area contributed by atoms with Gasteiger partial charge in [-0.25, -0.2) is 4.79 Å². The quantitative estimate of drug-likeness (QED) is 0.828. The molecular formula is C23H32N2O2. The fraction of sp³-hybridized carbons (Fsp3) is 0.696. The lowest BCUT2D eigenvalue weighted by molar-refractivity contribution is -0.182. The van der Waals surface area contributed by atoms with Gasteiger partial charge in [-0.1, -0.05) is 43.5 Å². The van der Waals surface area contributed by atoms with Crippen LogP contribution in [0.25, 0.3) is 0 Å². The molecule has 3 saturated heterocycles. The van der Waals surface area contributed by atoms with Crippen molar-refractivity contribution in [2.45, 2.75) is 69.6 Å². The van der Waals surface area contributed by atoms with Gasteiger partial charge < -0.3 is 4.74 Å². The van der Waals surface area contributed by atoms with E-state index in [0.29, 0.717) is 5.92 Å². The summed E-state index contributed by atoms with van der Waals surface area (Å²) < 4.78 is 6.30. The molecule has 4 fully saturated rings. The van der Waals surface area contributed by atoms with Crippen LogP contribution in [0.1, 0.15) is 62.5 Å². The number of nitrogens with one attached hydrogen (secondary N) is 1. The fourth-order valence-electron chi connectivity index (χ4n) is 6.11. The number of esters is 1. The van der Waals surface area contributed by atoms with Crippen molar-refractivity contribution in [2.75, 3.05) is 19.6 Å². The summed E-state index contributed by atoms with van der Waals surface area (Å²) in [7, 11) is 0. The molecule has 0 spiro atoms. The molecule has 6 rings (SSSR count). The van der Waals surface area contributed by atoms with Gasteiger partial charge in [0.15, 0.2) is 6.23 Å². The van der Waals surface area contributed by atoms with Gasteiger partial charge in [-0.3, -0.25) is 10.2 Å². The number of carbonyl (C=O) groups excluding carboxylic acids is 1. The third-order valence-corrected chi connectivity index (χ3v) is 7.61. The predicted octanol–water partition coefficient (Wildman–Crippen LogP) is 3.59. The van der Waals surface area contributed by atoms with Gasteiger partial charge in [0.05, 0.1) is 0 Å². The Bertz CT molecular complexity index is 691. The molecule has 4 heteroatoms. The maximum absolute atomic E-state index is 13.8. The highest BCUT2D eigenvalue weighted by molar-refractivity contribution is 5.84. The molecule has 0 radical (unpaired) electrons. The van der Waals surface area contributed by atoms with Gasteiger partial charge in [0.2, 0.25) is 0 Å². The Hall–Kier alpha value is -1.39. The number of hydrogen-bond donors (Lipinski definition) is 1. The molecule has 5 aliphatic rings. The SMILES string of the molecule is O=C(OC1CC2CCN1CC2)C1(C2CCCCC2)NCCc2ccccc21. The second-order valence-electron chi connectivity index (χ2n) is 9.05. The lowest BCUT2D eigenvalue weighted by Crippen LogP contribution is -2.61. The maximum atomic E-state index is 13.8. The first kappa shape index (κ1) is 17.7. The van der Waals surface area contributed by atoms with Crippen molar-refractivity contribution in [3.8, 4) is 0 Å². The molecule has 1 aromatic carbocycles. The summed E-state index contributed by atoms with van der Waals surface area (Å²) in [4.78, 5) is 16.2. The number of hydrogen-bond acceptors (Lipinski definition) is 4. The fourth-order valence-corrected chi connectivity index (χ4v) is 6.11. The molecule has 27 heavy (non-hydrogen) atoms. The van der Waals surface area contributed by atoms with E-state index >= 15 is 0 Å². The van der Waals surface area contributed by atoms with Gasteiger partial charge in [0.1, 0.15) is 5.54 Å². The third kappa shape index (κ3) is 3.01. The number of nitrogens with zero attached hydrogens (tertiary/aromatic N) is 1. The van der Waals surface area contributed by atoms with Crippen LogP contribution in [-0.2, 0) is 21.5 Å². The third-order valence-electron chi connectivity index (χ3n) is 7.61. The summed E-state index contributed by atoms with van der Waals surface area (Å²) in [5.74, 6) is 1.07. The van der Waals surface area contributed by atoms with Gasteiger partial charge in [-0.15, -0.1) is 0 Å². The van der Waals surface area contributed by atoms with Crippen LogP contribution in [-0.4, -0.2) is 36.7 Å². The van der Waals surface area contributed by atoms with Gasteiger partial charge in [0.25, 0.3) is 0 Å². The first-order valence-corrected chi connectivity index (χ1v) is 11.1. The molecule has 4 heterocycles. The highest BCUT2D eigenvalue weighted by Crippen LogP contribution is 2.44. The van der Waals surface area contributed by atoms with Crippen LogP contribution in [0.3, 0.4) is 0 Å². The van der Waals surface area contributed by atoms with Gasteiger partial charge in [-0.05, 0) is 55.1 Å². The predicted molar refractivity (Wildman–Crippen MR) is 105 cm³/mol. The summed E-state index contributed by atoms with van der Waals surface area (Å²) in [6.45, 7) is 3.03. The number of fused-ring (bicyclic) bond motifs is 4. The molecule has 4 nitrogen and oxygen atoms in total. The molecule has 1 N–H and O–H groups in total. The van der Waals surface area contributed by atoms with E-state index in [4.69, 9.17) is 4.74 Å². The zero-order chi connectivity index (χ0) is 18.3. The Balaban J connectivity index is 1.48. The Morgan fingerprint density at radius 3 is 2.59 bits per heavy atom. The number of piperidine rings is 3. The largest absolute Gasteiger partial charge is 0.445 e.